The normalized spacial score (nSPS) is 18.8. The number of ether oxygens (including phenoxy) is 1. The molecule has 19 heavy (non-hydrogen) atoms. The van der Waals surface area contributed by atoms with Gasteiger partial charge in [0.05, 0.1) is 35.6 Å². The van der Waals surface area contributed by atoms with Gasteiger partial charge in [0.2, 0.25) is 0 Å². The molecule has 0 aliphatic carbocycles. The summed E-state index contributed by atoms with van der Waals surface area (Å²) in [5.74, 6) is -3.44. The zero-order valence-electron chi connectivity index (χ0n) is 16.6. The highest BCUT2D eigenvalue weighted by Gasteiger charge is 2.24. The third-order valence-corrected chi connectivity index (χ3v) is 2.04. The highest BCUT2D eigenvalue weighted by molar-refractivity contribution is 5.72. The number of esters is 1. The van der Waals surface area contributed by atoms with Crippen LogP contribution < -0.4 is 0 Å². The van der Waals surface area contributed by atoms with Crippen molar-refractivity contribution < 1.29 is 42.0 Å². The molecule has 0 spiro atoms. The van der Waals surface area contributed by atoms with Crippen LogP contribution in [0.3, 0.4) is 0 Å². The van der Waals surface area contributed by atoms with Gasteiger partial charge >= 0.3 is 17.9 Å². The van der Waals surface area contributed by atoms with Crippen LogP contribution in [0, 0.1) is 0 Å². The summed E-state index contributed by atoms with van der Waals surface area (Å²) in [7, 11) is 0.910. The van der Waals surface area contributed by atoms with Crippen molar-refractivity contribution in [3.05, 3.63) is 0 Å². The molecule has 110 valence electrons. The lowest BCUT2D eigenvalue weighted by Gasteiger charge is -2.28. The quantitative estimate of drug-likeness (QED) is 0.467. The van der Waals surface area contributed by atoms with Crippen LogP contribution >= 0.6 is 0 Å². The van der Waals surface area contributed by atoms with E-state index >= 15 is 0 Å². The lowest BCUT2D eigenvalue weighted by atomic mass is 10.2. The molecule has 0 saturated carbocycles. The Morgan fingerprint density at radius 1 is 1.21 bits per heavy atom. The van der Waals surface area contributed by atoms with Gasteiger partial charge in [-0.3, -0.25) is 14.4 Å². The van der Waals surface area contributed by atoms with Crippen molar-refractivity contribution in [1.82, 2.24) is 0 Å². The van der Waals surface area contributed by atoms with Gasteiger partial charge in [0.15, 0.2) is 6.10 Å². The molecule has 0 bridgehead atoms. The highest BCUT2D eigenvalue weighted by Crippen LogP contribution is 2.08. The molecule has 0 aromatic heterocycles. The molecule has 0 aromatic carbocycles. The van der Waals surface area contributed by atoms with Gasteiger partial charge in [0.25, 0.3) is 0 Å². The Morgan fingerprint density at radius 3 is 2.32 bits per heavy atom. The van der Waals surface area contributed by atoms with Crippen molar-refractivity contribution >= 4 is 17.9 Å². The zero-order chi connectivity index (χ0) is 20.1. The van der Waals surface area contributed by atoms with Crippen LogP contribution in [0.1, 0.15) is 33.9 Å². The molecule has 7 nitrogen and oxygen atoms in total. The number of aliphatic carboxylic acids is 2. The molecule has 0 aromatic rings. The summed E-state index contributed by atoms with van der Waals surface area (Å²) in [5.41, 5.74) is 0. The molecule has 2 N–H and O–H groups in total. The van der Waals surface area contributed by atoms with Gasteiger partial charge in [-0.15, -0.1) is 0 Å². The van der Waals surface area contributed by atoms with Crippen LogP contribution in [0.5, 0.6) is 0 Å². The number of carbonyl (C=O) groups excluding carboxylic acids is 1. The molecule has 7 heteroatoms. The second kappa shape index (κ2) is 7.73. The smallest absolute Gasteiger partial charge is 0.307 e. The van der Waals surface area contributed by atoms with E-state index in [2.05, 4.69) is 0 Å². The fraction of sp³-hybridized carbons (Fsp3) is 0.750. The molecule has 0 heterocycles. The Labute approximate surface area is 120 Å². The van der Waals surface area contributed by atoms with E-state index < -0.39 is 55.4 Å². The first-order valence-electron chi connectivity index (χ1n) is 8.59. The van der Waals surface area contributed by atoms with Crippen LogP contribution in [0.15, 0.2) is 0 Å². The van der Waals surface area contributed by atoms with Crippen LogP contribution in [0.25, 0.3) is 0 Å². The largest absolute Gasteiger partial charge is 0.481 e. The second-order valence-electron chi connectivity index (χ2n) is 4.33. The summed E-state index contributed by atoms with van der Waals surface area (Å²) < 4.78 is 48.1. The molecule has 0 amide bonds. The number of nitrogens with zero attached hydrogens (tertiary/aromatic N) is 1. The summed E-state index contributed by atoms with van der Waals surface area (Å²) in [5, 5.41) is 17.4. The zero-order valence-corrected chi connectivity index (χ0v) is 10.6. The Bertz CT molecular complexity index is 489. The Kier molecular flexibility index (Phi) is 3.78. The average Bonchev–Trinajstić information content (AvgIpc) is 2.34. The number of carbonyl (C=O) groups is 3. The lowest BCUT2D eigenvalue weighted by Crippen LogP contribution is -2.43. The van der Waals surface area contributed by atoms with Crippen molar-refractivity contribution in [2.24, 2.45) is 0 Å². The average molecular weight is 282 g/mol. The molecule has 0 radical (unpaired) electrons. The lowest BCUT2D eigenvalue weighted by molar-refractivity contribution is -0.873. The van der Waals surface area contributed by atoms with Crippen molar-refractivity contribution in [1.29, 1.82) is 0 Å². The number of hydrogen-bond acceptors (Lipinski definition) is 4. The van der Waals surface area contributed by atoms with Gasteiger partial charge in [-0.2, -0.15) is 0 Å². The molecule has 0 fully saturated rings. The predicted molar refractivity (Wildman–Crippen MR) is 66.5 cm³/mol. The maximum Gasteiger partial charge on any atom is 0.307 e. The van der Waals surface area contributed by atoms with Gasteiger partial charge in [0, 0.05) is 12.8 Å². The van der Waals surface area contributed by atoms with Gasteiger partial charge in [0.1, 0.15) is 6.54 Å². The molecule has 1 atom stereocenters. The van der Waals surface area contributed by atoms with E-state index in [-0.39, 0.29) is 19.3 Å². The fourth-order valence-electron chi connectivity index (χ4n) is 1.37. The Hall–Kier alpha value is -1.63. The molecular weight excluding hydrogens is 254 g/mol. The third-order valence-electron chi connectivity index (χ3n) is 2.04. The van der Waals surface area contributed by atoms with E-state index in [0.29, 0.717) is 0 Å². The number of carboxylic acid groups (broad SMARTS) is 2. The van der Waals surface area contributed by atoms with E-state index in [1.54, 1.807) is 0 Å². The first kappa shape index (κ1) is 9.30. The standard InChI is InChI=1S/C12H21NO6/c1-13(2,3)8-9(7-11(16)17)19-12(18)6-4-5-10(14)15/h9H,4-8H2,1-3H3,(H-,14,15,16,17)/p+1/t9-/m1/s1/i1D3,2D3. The second-order valence-corrected chi connectivity index (χ2v) is 4.33. The van der Waals surface area contributed by atoms with E-state index in [1.807, 2.05) is 0 Å². The first-order chi connectivity index (χ1) is 11.1. The summed E-state index contributed by atoms with van der Waals surface area (Å²) in [4.78, 5) is 33.0. The molecule has 0 unspecified atom stereocenters. The van der Waals surface area contributed by atoms with Crippen molar-refractivity contribution in [3.63, 3.8) is 0 Å². The molecular formula is C12H22NO6+. The van der Waals surface area contributed by atoms with Gasteiger partial charge in [-0.1, -0.05) is 0 Å². The van der Waals surface area contributed by atoms with Crippen LogP contribution in [0.2, 0.25) is 0 Å². The Morgan fingerprint density at radius 2 is 1.84 bits per heavy atom. The minimum atomic E-state index is -3.00. The van der Waals surface area contributed by atoms with Crippen molar-refractivity contribution in [2.75, 3.05) is 27.5 Å². The number of hydrogen-bond donors (Lipinski definition) is 2. The van der Waals surface area contributed by atoms with Gasteiger partial charge in [-0.05, 0) is 6.42 Å². The third kappa shape index (κ3) is 11.2. The van der Waals surface area contributed by atoms with E-state index in [4.69, 9.17) is 23.2 Å². The van der Waals surface area contributed by atoms with E-state index in [1.165, 1.54) is 0 Å². The Balaban J connectivity index is 5.22. The van der Waals surface area contributed by atoms with Crippen LogP contribution in [-0.2, 0) is 19.1 Å². The number of likely N-dealkylation sites (N-methyl/N-ethyl adjacent to an activating group) is 1. The predicted octanol–water partition coefficient (Wildman–Crippen LogP) is 0.334. The fourth-order valence-corrected chi connectivity index (χ4v) is 1.37. The number of rotatable bonds is 9. The van der Waals surface area contributed by atoms with E-state index in [9.17, 15) is 14.4 Å². The summed E-state index contributed by atoms with van der Waals surface area (Å²) in [6.45, 7) is -6.76. The molecule has 0 saturated heterocycles. The first-order valence-corrected chi connectivity index (χ1v) is 5.59. The number of carboxylic acids is 2. The van der Waals surface area contributed by atoms with Crippen LogP contribution in [0.4, 0.5) is 0 Å². The SMILES string of the molecule is [2H]C([2H])([2H])[N+](C)(C[C@@H](CC(=O)O)OC(=O)CCCC(=O)O)C([2H])([2H])[2H]. The van der Waals surface area contributed by atoms with E-state index in [0.717, 1.165) is 7.05 Å². The molecule has 0 aliphatic heterocycles. The summed E-state index contributed by atoms with van der Waals surface area (Å²) >= 11 is 0. The molecule has 0 aliphatic rings. The maximum absolute atomic E-state index is 11.7. The topological polar surface area (TPSA) is 101 Å². The summed E-state index contributed by atoms with van der Waals surface area (Å²) in [6, 6.07) is 0. The number of quaternary nitrogens is 1. The van der Waals surface area contributed by atoms with Gasteiger partial charge < -0.3 is 19.4 Å². The minimum absolute atomic E-state index is 0.0430. The highest BCUT2D eigenvalue weighted by atomic mass is 16.5. The monoisotopic (exact) mass is 282 g/mol. The molecule has 0 rings (SSSR count). The van der Waals surface area contributed by atoms with Crippen LogP contribution in [-0.4, -0.2) is 66.3 Å². The van der Waals surface area contributed by atoms with Crippen molar-refractivity contribution in [2.45, 2.75) is 31.8 Å². The summed E-state index contributed by atoms with van der Waals surface area (Å²) in [6.07, 6.45) is -2.91. The minimum Gasteiger partial charge on any atom is -0.481 e. The maximum atomic E-state index is 11.7. The van der Waals surface area contributed by atoms with Crippen molar-refractivity contribution in [3.8, 4) is 0 Å². The van der Waals surface area contributed by atoms with Gasteiger partial charge in [-0.25, -0.2) is 0 Å².